The van der Waals surface area contributed by atoms with Crippen LogP contribution in [-0.4, -0.2) is 42.2 Å². The topological polar surface area (TPSA) is 60.2 Å². The monoisotopic (exact) mass is 455 g/mol. The van der Waals surface area contributed by atoms with E-state index in [2.05, 4.69) is 70.6 Å². The van der Waals surface area contributed by atoms with Crippen LogP contribution in [0, 0.1) is 0 Å². The Bertz CT molecular complexity index is 1130. The van der Waals surface area contributed by atoms with E-state index in [0.29, 0.717) is 4.91 Å². The quantitative estimate of drug-likeness (QED) is 0.615. The summed E-state index contributed by atoms with van der Waals surface area (Å²) < 4.78 is 0. The molecule has 2 aliphatic heterocycles. The molecule has 1 amide bonds. The molecule has 0 radical (unpaired) electrons. The number of piperazine rings is 1. The second-order valence-electron chi connectivity index (χ2n) is 8.28. The number of aliphatic imine (C=N–C) groups is 1. The van der Waals surface area contributed by atoms with Crippen LogP contribution >= 0.6 is 11.8 Å². The van der Waals surface area contributed by atoms with Crippen molar-refractivity contribution in [3.63, 3.8) is 0 Å². The first kappa shape index (κ1) is 21.5. The number of nitrogens with zero attached hydrogens (tertiary/aromatic N) is 2. The fourth-order valence-corrected chi connectivity index (χ4v) is 5.44. The predicted molar refractivity (Wildman–Crippen MR) is 131 cm³/mol. The molecular weight excluding hydrogens is 430 g/mol. The summed E-state index contributed by atoms with van der Waals surface area (Å²) in [5, 5.41) is 12.1. The molecule has 1 N–H and O–H groups in total. The summed E-state index contributed by atoms with van der Waals surface area (Å²) in [7, 11) is 0. The molecule has 166 valence electrons. The number of thioether (sulfide) groups is 1. The Morgan fingerprint density at radius 2 is 1.45 bits per heavy atom. The number of rotatable bonds is 4. The third-order valence-corrected chi connectivity index (χ3v) is 7.18. The number of quaternary nitrogens is 1. The minimum atomic E-state index is -0.206. The lowest BCUT2D eigenvalue weighted by atomic mass is 9.96. The predicted octanol–water partition coefficient (Wildman–Crippen LogP) is 2.72. The standard InChI is InChI=1S/C27H25N3O2S/c31-23-13-11-20(12-14-23)19-24-26(32)28-27(33-24)30-17-15-29(16-18-30)25(21-7-3-1-4-8-21)22-9-5-2-6-10-22/h1-14,19,25,31H,15-18H2. The molecule has 2 aliphatic rings. The Hall–Kier alpha value is -3.35. The molecule has 5 nitrogen and oxygen atoms in total. The van der Waals surface area contributed by atoms with Gasteiger partial charge in [0.25, 0.3) is 5.91 Å². The van der Waals surface area contributed by atoms with Crippen molar-refractivity contribution in [1.82, 2.24) is 4.90 Å². The van der Waals surface area contributed by atoms with E-state index in [1.54, 1.807) is 12.1 Å². The van der Waals surface area contributed by atoms with Gasteiger partial charge in [0.1, 0.15) is 6.04 Å². The zero-order chi connectivity index (χ0) is 22.6. The van der Waals surface area contributed by atoms with E-state index in [1.807, 2.05) is 6.08 Å². The van der Waals surface area contributed by atoms with Gasteiger partial charge in [0.15, 0.2) is 5.17 Å². The third kappa shape index (κ3) is 4.87. The smallest absolute Gasteiger partial charge is 0.286 e. The van der Waals surface area contributed by atoms with Crippen LogP contribution in [0.4, 0.5) is 0 Å². The van der Waals surface area contributed by atoms with Crippen LogP contribution in [0.15, 0.2) is 94.8 Å². The van der Waals surface area contributed by atoms with Gasteiger partial charge >= 0.3 is 0 Å². The van der Waals surface area contributed by atoms with Crippen LogP contribution < -0.4 is 10.0 Å². The molecule has 0 aromatic heterocycles. The lowest BCUT2D eigenvalue weighted by Crippen LogP contribution is -3.15. The lowest BCUT2D eigenvalue weighted by Gasteiger charge is -2.37. The number of carbonyl (C=O) groups excluding carboxylic acids is 1. The summed E-state index contributed by atoms with van der Waals surface area (Å²) in [6.45, 7) is 3.63. The summed E-state index contributed by atoms with van der Waals surface area (Å²) in [5.41, 5.74) is 3.48. The lowest BCUT2D eigenvalue weighted by molar-refractivity contribution is -0.929. The van der Waals surface area contributed by atoms with Crippen molar-refractivity contribution >= 4 is 28.9 Å². The van der Waals surface area contributed by atoms with Crippen LogP contribution in [0.1, 0.15) is 22.7 Å². The van der Waals surface area contributed by atoms with Crippen LogP contribution in [0.5, 0.6) is 5.75 Å². The Morgan fingerprint density at radius 3 is 2.03 bits per heavy atom. The minimum absolute atomic E-state index is 0.0378. The first-order valence-electron chi connectivity index (χ1n) is 11.2. The first-order valence-corrected chi connectivity index (χ1v) is 12.0. The summed E-state index contributed by atoms with van der Waals surface area (Å²) in [4.78, 5) is 21.1. The Kier molecular flexibility index (Phi) is 6.28. The molecule has 33 heavy (non-hydrogen) atoms. The van der Waals surface area contributed by atoms with E-state index >= 15 is 0 Å². The summed E-state index contributed by atoms with van der Waals surface area (Å²) in [6, 6.07) is 28.2. The molecule has 0 aliphatic carbocycles. The largest absolute Gasteiger partial charge is 0.872 e. The van der Waals surface area contributed by atoms with Gasteiger partial charge in [-0.25, -0.2) is 0 Å². The normalized spacial score (nSPS) is 18.2. The second kappa shape index (κ2) is 9.65. The second-order valence-corrected chi connectivity index (χ2v) is 9.29. The molecule has 0 atom stereocenters. The van der Waals surface area contributed by atoms with Gasteiger partial charge in [-0.05, 0) is 23.4 Å². The summed E-state index contributed by atoms with van der Waals surface area (Å²) in [6.07, 6.45) is 1.81. The molecule has 0 bridgehead atoms. The van der Waals surface area contributed by atoms with Crippen molar-refractivity contribution in [3.8, 4) is 5.75 Å². The molecule has 5 rings (SSSR count). The van der Waals surface area contributed by atoms with E-state index in [4.69, 9.17) is 0 Å². The molecule has 0 unspecified atom stereocenters. The van der Waals surface area contributed by atoms with Gasteiger partial charge in [0.05, 0.1) is 31.1 Å². The highest BCUT2D eigenvalue weighted by molar-refractivity contribution is 8.18. The number of hydrogen-bond donors (Lipinski definition) is 1. The van der Waals surface area contributed by atoms with E-state index in [9.17, 15) is 9.90 Å². The van der Waals surface area contributed by atoms with E-state index < -0.39 is 0 Å². The van der Waals surface area contributed by atoms with E-state index in [0.717, 1.165) is 36.9 Å². The molecule has 3 aromatic carbocycles. The zero-order valence-corrected chi connectivity index (χ0v) is 19.0. The molecule has 0 spiro atoms. The molecule has 1 saturated heterocycles. The Morgan fingerprint density at radius 1 is 0.879 bits per heavy atom. The van der Waals surface area contributed by atoms with Crippen molar-refractivity contribution in [2.75, 3.05) is 26.2 Å². The maximum Gasteiger partial charge on any atom is 0.286 e. The molecule has 2 heterocycles. The van der Waals surface area contributed by atoms with Crippen molar-refractivity contribution in [1.29, 1.82) is 0 Å². The van der Waals surface area contributed by atoms with Crippen LogP contribution in [0.25, 0.3) is 6.08 Å². The molecule has 0 saturated carbocycles. The molecule has 1 fully saturated rings. The van der Waals surface area contributed by atoms with E-state index in [-0.39, 0.29) is 17.7 Å². The van der Waals surface area contributed by atoms with Gasteiger partial charge in [0.2, 0.25) is 0 Å². The summed E-state index contributed by atoms with van der Waals surface area (Å²) >= 11 is 1.43. The Balaban J connectivity index is 1.28. The maximum atomic E-state index is 12.5. The number of nitrogens with one attached hydrogen (secondary N) is 1. The van der Waals surface area contributed by atoms with Crippen molar-refractivity contribution in [2.45, 2.75) is 6.04 Å². The van der Waals surface area contributed by atoms with Gasteiger partial charge in [0, 0.05) is 11.1 Å². The number of hydrogen-bond acceptors (Lipinski definition) is 4. The van der Waals surface area contributed by atoms with Gasteiger partial charge in [-0.2, -0.15) is 4.99 Å². The van der Waals surface area contributed by atoms with Gasteiger partial charge in [-0.15, -0.1) is 5.75 Å². The van der Waals surface area contributed by atoms with Crippen LogP contribution in [0.2, 0.25) is 0 Å². The van der Waals surface area contributed by atoms with Gasteiger partial charge in [-0.3, -0.25) is 4.79 Å². The zero-order valence-electron chi connectivity index (χ0n) is 18.2. The number of amidine groups is 1. The number of benzene rings is 3. The fraction of sp³-hybridized carbons (Fsp3) is 0.185. The molecular formula is C27H25N3O2S. The van der Waals surface area contributed by atoms with Crippen molar-refractivity contribution in [2.24, 2.45) is 4.99 Å². The molecule has 3 aromatic rings. The average molecular weight is 456 g/mol. The van der Waals surface area contributed by atoms with E-state index in [1.165, 1.54) is 39.9 Å². The molecule has 6 heteroatoms. The minimum Gasteiger partial charge on any atom is -0.872 e. The van der Waals surface area contributed by atoms with Crippen molar-refractivity contribution in [3.05, 3.63) is 107 Å². The fourth-order valence-electron chi connectivity index (χ4n) is 4.48. The highest BCUT2D eigenvalue weighted by Gasteiger charge is 2.33. The van der Waals surface area contributed by atoms with Crippen molar-refractivity contribution < 1.29 is 14.8 Å². The summed E-state index contributed by atoms with van der Waals surface area (Å²) in [5.74, 6) is -0.244. The average Bonchev–Trinajstić information content (AvgIpc) is 3.22. The van der Waals surface area contributed by atoms with Crippen LogP contribution in [-0.2, 0) is 4.79 Å². The Labute approximate surface area is 198 Å². The third-order valence-electron chi connectivity index (χ3n) is 6.14. The SMILES string of the molecule is O=C1N=C(N2CC[NH+](C(c3ccccc3)c3ccccc3)CC2)SC1=Cc1ccc([O-])cc1. The first-order chi connectivity index (χ1) is 16.2. The highest BCUT2D eigenvalue weighted by Crippen LogP contribution is 2.30. The van der Waals surface area contributed by atoms with Crippen LogP contribution in [0.3, 0.4) is 0 Å². The van der Waals surface area contributed by atoms with Gasteiger partial charge < -0.3 is 14.9 Å². The number of carbonyl (C=O) groups is 1. The highest BCUT2D eigenvalue weighted by atomic mass is 32.2. The maximum absolute atomic E-state index is 12.5. The number of amides is 1. The van der Waals surface area contributed by atoms with Gasteiger partial charge in [-0.1, -0.05) is 84.9 Å².